The molecule has 174 valence electrons. The van der Waals surface area contributed by atoms with Crippen LogP contribution in [-0.2, 0) is 17.9 Å². The number of carbonyl (C=O) groups excluding carboxylic acids is 2. The topological polar surface area (TPSA) is 67.9 Å². The smallest absolute Gasteiger partial charge is 0.329 e. The van der Waals surface area contributed by atoms with Crippen molar-refractivity contribution in [1.29, 1.82) is 0 Å². The average molecular weight is 701 g/mol. The molecule has 0 bridgehead atoms. The Morgan fingerprint density at radius 1 is 1.00 bits per heavy atom. The van der Waals surface area contributed by atoms with E-state index in [1.807, 2.05) is 30.3 Å². The summed E-state index contributed by atoms with van der Waals surface area (Å²) in [6.45, 7) is 0.559. The summed E-state index contributed by atoms with van der Waals surface area (Å²) in [5, 5.41) is 3.25. The zero-order chi connectivity index (χ0) is 24.2. The van der Waals surface area contributed by atoms with E-state index in [-0.39, 0.29) is 12.2 Å². The lowest BCUT2D eigenvalue weighted by Crippen LogP contribution is -2.30. The minimum absolute atomic E-state index is 0.158. The summed E-state index contributed by atoms with van der Waals surface area (Å²) in [5.41, 5.74) is 2.76. The van der Waals surface area contributed by atoms with Crippen molar-refractivity contribution < 1.29 is 19.1 Å². The van der Waals surface area contributed by atoms with Crippen molar-refractivity contribution in [3.05, 3.63) is 95.2 Å². The standard InChI is InChI=1S/C25H19ClI2N2O4/c1-33-22-12-17(10-20(28)23(22)34-14-16-4-8-19(27)9-5-16)11-21-24(31)30(25(32)29-21)13-15-2-6-18(26)7-3-15/h2-12H,13-14H2,1H3,(H,29,32)/b21-11-. The van der Waals surface area contributed by atoms with Crippen LogP contribution in [0.1, 0.15) is 16.7 Å². The van der Waals surface area contributed by atoms with Crippen molar-refractivity contribution in [3.8, 4) is 11.5 Å². The number of hydrogen-bond donors (Lipinski definition) is 1. The Balaban J connectivity index is 1.52. The maximum atomic E-state index is 12.9. The van der Waals surface area contributed by atoms with Crippen molar-refractivity contribution in [2.24, 2.45) is 0 Å². The van der Waals surface area contributed by atoms with Crippen LogP contribution in [0.4, 0.5) is 4.79 Å². The number of benzene rings is 3. The molecule has 1 N–H and O–H groups in total. The van der Waals surface area contributed by atoms with Crippen LogP contribution in [0.5, 0.6) is 11.5 Å². The third-order valence-corrected chi connectivity index (χ3v) is 6.85. The summed E-state index contributed by atoms with van der Waals surface area (Å²) in [7, 11) is 1.57. The van der Waals surface area contributed by atoms with E-state index in [0.717, 1.165) is 23.2 Å². The van der Waals surface area contributed by atoms with Crippen LogP contribution in [-0.4, -0.2) is 23.9 Å². The van der Waals surface area contributed by atoms with Gasteiger partial charge in [-0.2, -0.15) is 0 Å². The Hall–Kier alpha value is -2.31. The molecule has 0 unspecified atom stereocenters. The van der Waals surface area contributed by atoms with E-state index in [9.17, 15) is 9.59 Å². The van der Waals surface area contributed by atoms with Crippen LogP contribution >= 0.6 is 56.8 Å². The van der Waals surface area contributed by atoms with E-state index in [4.69, 9.17) is 21.1 Å². The maximum absolute atomic E-state index is 12.9. The molecule has 0 aliphatic carbocycles. The fourth-order valence-corrected chi connectivity index (χ4v) is 4.62. The number of rotatable bonds is 7. The van der Waals surface area contributed by atoms with Gasteiger partial charge in [0, 0.05) is 8.59 Å². The van der Waals surface area contributed by atoms with Crippen LogP contribution in [0.3, 0.4) is 0 Å². The number of nitrogens with zero attached hydrogens (tertiary/aromatic N) is 1. The fourth-order valence-electron chi connectivity index (χ4n) is 3.35. The Bertz CT molecular complexity index is 1260. The Labute approximate surface area is 229 Å². The number of amides is 3. The number of nitrogens with one attached hydrogen (secondary N) is 1. The van der Waals surface area contributed by atoms with Gasteiger partial charge in [0.2, 0.25) is 0 Å². The quantitative estimate of drug-likeness (QED) is 0.181. The fraction of sp³-hybridized carbons (Fsp3) is 0.120. The van der Waals surface area contributed by atoms with E-state index in [1.165, 1.54) is 0 Å². The number of ether oxygens (including phenoxy) is 2. The molecule has 3 amide bonds. The summed E-state index contributed by atoms with van der Waals surface area (Å²) in [5.74, 6) is 0.766. The van der Waals surface area contributed by atoms with E-state index >= 15 is 0 Å². The number of imide groups is 1. The summed E-state index contributed by atoms with van der Waals surface area (Å²) in [6, 6.07) is 18.3. The molecule has 0 spiro atoms. The molecule has 34 heavy (non-hydrogen) atoms. The highest BCUT2D eigenvalue weighted by atomic mass is 127. The molecule has 1 heterocycles. The van der Waals surface area contributed by atoms with Gasteiger partial charge in [0.05, 0.1) is 17.2 Å². The van der Waals surface area contributed by atoms with Gasteiger partial charge in [0.25, 0.3) is 5.91 Å². The van der Waals surface area contributed by atoms with Crippen molar-refractivity contribution in [3.63, 3.8) is 0 Å². The zero-order valence-electron chi connectivity index (χ0n) is 18.0. The minimum Gasteiger partial charge on any atom is -0.493 e. The normalized spacial score (nSPS) is 14.5. The first-order chi connectivity index (χ1) is 16.3. The van der Waals surface area contributed by atoms with Gasteiger partial charge in [-0.1, -0.05) is 35.9 Å². The third-order valence-electron chi connectivity index (χ3n) is 5.08. The molecular weight excluding hydrogens is 682 g/mol. The van der Waals surface area contributed by atoms with Crippen LogP contribution in [0.25, 0.3) is 6.08 Å². The monoisotopic (exact) mass is 700 g/mol. The molecule has 1 fully saturated rings. The summed E-state index contributed by atoms with van der Waals surface area (Å²) < 4.78 is 13.6. The van der Waals surface area contributed by atoms with Gasteiger partial charge in [-0.3, -0.25) is 9.69 Å². The maximum Gasteiger partial charge on any atom is 0.329 e. The molecule has 0 radical (unpaired) electrons. The second-order valence-electron chi connectivity index (χ2n) is 7.46. The van der Waals surface area contributed by atoms with Crippen LogP contribution in [0.15, 0.2) is 66.4 Å². The second kappa shape index (κ2) is 11.0. The molecule has 4 rings (SSSR count). The molecule has 0 saturated carbocycles. The van der Waals surface area contributed by atoms with E-state index < -0.39 is 11.9 Å². The van der Waals surface area contributed by atoms with Gasteiger partial charge in [0.1, 0.15) is 12.3 Å². The molecule has 1 saturated heterocycles. The Morgan fingerprint density at radius 3 is 2.35 bits per heavy atom. The van der Waals surface area contributed by atoms with E-state index in [2.05, 4.69) is 50.5 Å². The summed E-state index contributed by atoms with van der Waals surface area (Å²) in [6.07, 6.45) is 1.63. The molecule has 1 aliphatic heterocycles. The second-order valence-corrected chi connectivity index (χ2v) is 10.3. The van der Waals surface area contributed by atoms with Crippen LogP contribution in [0.2, 0.25) is 5.02 Å². The summed E-state index contributed by atoms with van der Waals surface area (Å²) in [4.78, 5) is 26.5. The molecule has 9 heteroatoms. The number of hydrogen-bond acceptors (Lipinski definition) is 4. The molecule has 1 aliphatic rings. The lowest BCUT2D eigenvalue weighted by molar-refractivity contribution is -0.123. The molecule has 0 atom stereocenters. The largest absolute Gasteiger partial charge is 0.493 e. The van der Waals surface area contributed by atoms with Gasteiger partial charge in [0.15, 0.2) is 11.5 Å². The lowest BCUT2D eigenvalue weighted by atomic mass is 10.1. The van der Waals surface area contributed by atoms with Gasteiger partial charge < -0.3 is 14.8 Å². The van der Waals surface area contributed by atoms with Crippen molar-refractivity contribution >= 4 is 74.8 Å². The van der Waals surface area contributed by atoms with E-state index in [0.29, 0.717) is 28.7 Å². The molecule has 3 aromatic rings. The van der Waals surface area contributed by atoms with Crippen molar-refractivity contribution in [2.45, 2.75) is 13.2 Å². The first-order valence-corrected chi connectivity index (χ1v) is 12.7. The van der Waals surface area contributed by atoms with Gasteiger partial charge in [-0.25, -0.2) is 4.79 Å². The zero-order valence-corrected chi connectivity index (χ0v) is 23.1. The highest BCUT2D eigenvalue weighted by Crippen LogP contribution is 2.35. The van der Waals surface area contributed by atoms with Crippen LogP contribution < -0.4 is 14.8 Å². The SMILES string of the molecule is COc1cc(/C=C2\NC(=O)N(Cc3ccc(Cl)cc3)C2=O)cc(I)c1OCc1ccc(I)cc1. The van der Waals surface area contributed by atoms with Crippen LogP contribution in [0, 0.1) is 7.14 Å². The van der Waals surface area contributed by atoms with Crippen molar-refractivity contribution in [1.82, 2.24) is 10.2 Å². The molecule has 6 nitrogen and oxygen atoms in total. The van der Waals surface area contributed by atoms with Gasteiger partial charge in [-0.15, -0.1) is 0 Å². The first-order valence-electron chi connectivity index (χ1n) is 10.2. The van der Waals surface area contributed by atoms with Gasteiger partial charge >= 0.3 is 6.03 Å². The first kappa shape index (κ1) is 24.8. The number of carbonyl (C=O) groups is 2. The Morgan fingerprint density at radius 2 is 1.68 bits per heavy atom. The summed E-state index contributed by atoms with van der Waals surface area (Å²) >= 11 is 10.3. The third kappa shape index (κ3) is 5.84. The van der Waals surface area contributed by atoms with Gasteiger partial charge in [-0.05, 0) is 104 Å². The number of halogens is 3. The molecule has 3 aromatic carbocycles. The lowest BCUT2D eigenvalue weighted by Gasteiger charge is -2.14. The average Bonchev–Trinajstić information content (AvgIpc) is 3.07. The predicted octanol–water partition coefficient (Wildman–Crippen LogP) is 6.23. The predicted molar refractivity (Wildman–Crippen MR) is 148 cm³/mol. The number of urea groups is 1. The highest BCUT2D eigenvalue weighted by Gasteiger charge is 2.33. The number of methoxy groups -OCH3 is 1. The highest BCUT2D eigenvalue weighted by molar-refractivity contribution is 14.1. The molecule has 0 aromatic heterocycles. The minimum atomic E-state index is -0.467. The van der Waals surface area contributed by atoms with Crippen molar-refractivity contribution in [2.75, 3.05) is 7.11 Å². The molecular formula is C25H19ClI2N2O4. The Kier molecular flexibility index (Phi) is 7.99. The van der Waals surface area contributed by atoms with E-state index in [1.54, 1.807) is 43.5 Å².